The molecule has 0 unspecified atom stereocenters. The van der Waals surface area contributed by atoms with Crippen molar-refractivity contribution in [1.29, 1.82) is 5.26 Å². The Morgan fingerprint density at radius 3 is 2.59 bits per heavy atom. The number of nitriles is 1. The Labute approximate surface area is 300 Å². The first kappa shape index (κ1) is 33.3. The van der Waals surface area contributed by atoms with Crippen LogP contribution in [0.1, 0.15) is 53.3 Å². The summed E-state index contributed by atoms with van der Waals surface area (Å²) >= 11 is 7.14. The molecule has 2 aliphatic heterocycles. The third kappa shape index (κ3) is 5.92. The van der Waals surface area contributed by atoms with Crippen molar-refractivity contribution in [2.24, 2.45) is 5.92 Å². The van der Waals surface area contributed by atoms with Gasteiger partial charge in [0.05, 0.1) is 36.0 Å². The molecular weight excluding hydrogens is 668 g/mol. The van der Waals surface area contributed by atoms with E-state index in [0.717, 1.165) is 65.7 Å². The van der Waals surface area contributed by atoms with Gasteiger partial charge in [0.2, 0.25) is 11.8 Å². The molecule has 2 saturated heterocycles. The zero-order chi connectivity index (χ0) is 35.4. The molecule has 1 aliphatic carbocycles. The molecule has 5 aromatic rings. The topological polar surface area (TPSA) is 149 Å². The van der Waals surface area contributed by atoms with Crippen LogP contribution in [0.3, 0.4) is 0 Å². The number of aliphatic hydroxyl groups excluding tert-OH is 1. The fourth-order valence-electron chi connectivity index (χ4n) is 8.08. The third-order valence-electron chi connectivity index (χ3n) is 10.7. The van der Waals surface area contributed by atoms with Crippen LogP contribution >= 0.6 is 11.6 Å². The number of ether oxygens (including phenoxy) is 1. The van der Waals surface area contributed by atoms with Crippen molar-refractivity contribution < 1.29 is 24.2 Å². The molecule has 0 spiro atoms. The number of carbonyl (C=O) groups is 1. The molecule has 12 heteroatoms. The van der Waals surface area contributed by atoms with Crippen molar-refractivity contribution in [2.75, 3.05) is 33.3 Å². The number of hydrogen-bond acceptors (Lipinski definition) is 10. The number of aliphatic hydroxyl groups is 1. The number of benzene rings is 3. The van der Waals surface area contributed by atoms with Crippen molar-refractivity contribution in [2.45, 2.75) is 51.3 Å². The van der Waals surface area contributed by atoms with E-state index in [-0.39, 0.29) is 18.1 Å². The highest BCUT2D eigenvalue weighted by molar-refractivity contribution is 6.36. The molecule has 2 fully saturated rings. The molecule has 0 saturated carbocycles. The van der Waals surface area contributed by atoms with Crippen molar-refractivity contribution >= 4 is 28.7 Å². The number of oxazole rings is 1. The van der Waals surface area contributed by atoms with E-state index in [1.165, 1.54) is 0 Å². The Balaban J connectivity index is 1.12. The van der Waals surface area contributed by atoms with Gasteiger partial charge in [0.25, 0.3) is 0 Å². The number of methoxy groups -OCH3 is 1. The predicted molar refractivity (Wildman–Crippen MR) is 191 cm³/mol. The van der Waals surface area contributed by atoms with E-state index in [2.05, 4.69) is 20.9 Å². The molecule has 8 rings (SSSR count). The van der Waals surface area contributed by atoms with Crippen molar-refractivity contribution in [1.82, 2.24) is 24.8 Å². The SMILES string of the molecule is COc1nc(-c2cccc(-c3cccc(-c4nc5cc6c(c(C#N)c5o4)CC[C@H]6N4CC[C@@H](C(=O)O)C4)c3C)c2Cl)cnc1CN1CC[C@@H](O)C1. The molecule has 260 valence electrons. The smallest absolute Gasteiger partial charge is 0.307 e. The van der Waals surface area contributed by atoms with E-state index in [0.29, 0.717) is 76.5 Å². The van der Waals surface area contributed by atoms with Gasteiger partial charge in [-0.15, -0.1) is 0 Å². The number of hydrogen-bond donors (Lipinski definition) is 2. The highest BCUT2D eigenvalue weighted by Gasteiger charge is 2.37. The fourth-order valence-corrected chi connectivity index (χ4v) is 8.40. The van der Waals surface area contributed by atoms with Crippen molar-refractivity contribution in [3.63, 3.8) is 0 Å². The zero-order valence-electron chi connectivity index (χ0n) is 28.4. The standard InChI is InChI=1S/C39H37ClN6O5/c1-21-24(27-7-4-8-28(35(27)40)32-17-42-33(38(44-32)50-2)20-45-13-12-23(47)19-45)5-3-6-25(21)37-43-31-15-29-26(30(16-41)36(31)51-37)9-10-34(29)46-14-11-22(18-46)39(48)49/h3-8,15,17,22-23,34,47H,9-14,18-20H2,1-2H3,(H,48,49)/t22-,23-,34-/m1/s1. The molecule has 3 atom stereocenters. The maximum atomic E-state index is 11.6. The van der Waals surface area contributed by atoms with E-state index in [9.17, 15) is 20.3 Å². The van der Waals surface area contributed by atoms with Crippen LogP contribution in [0.25, 0.3) is 44.9 Å². The minimum atomic E-state index is -0.755. The number of likely N-dealkylation sites (tertiary alicyclic amines) is 2. The Hall–Kier alpha value is -4.86. The second-order valence-corrected chi connectivity index (χ2v) is 14.1. The highest BCUT2D eigenvalue weighted by atomic mass is 35.5. The van der Waals surface area contributed by atoms with Gasteiger partial charge >= 0.3 is 5.97 Å². The Morgan fingerprint density at radius 1 is 1.08 bits per heavy atom. The summed E-state index contributed by atoms with van der Waals surface area (Å²) in [5.74, 6) is -0.288. The lowest BCUT2D eigenvalue weighted by molar-refractivity contribution is -0.141. The molecule has 51 heavy (non-hydrogen) atoms. The van der Waals surface area contributed by atoms with Crippen LogP contribution in [-0.4, -0.2) is 80.3 Å². The largest absolute Gasteiger partial charge is 0.481 e. The molecular formula is C39H37ClN6O5. The molecule has 3 aromatic carbocycles. The molecule has 0 amide bonds. The number of carboxylic acid groups (broad SMARTS) is 1. The number of aromatic nitrogens is 3. The Bertz CT molecular complexity index is 2230. The quantitative estimate of drug-likeness (QED) is 0.184. The molecule has 4 heterocycles. The number of aliphatic carboxylic acids is 1. The normalized spacial score (nSPS) is 20.6. The van der Waals surface area contributed by atoms with Gasteiger partial charge < -0.3 is 19.4 Å². The number of nitrogens with zero attached hydrogens (tertiary/aromatic N) is 6. The summed E-state index contributed by atoms with van der Waals surface area (Å²) in [6.07, 6.45) is 4.32. The lowest BCUT2D eigenvalue weighted by Gasteiger charge is -2.24. The summed E-state index contributed by atoms with van der Waals surface area (Å²) in [4.78, 5) is 30.4. The van der Waals surface area contributed by atoms with E-state index in [1.807, 2.05) is 49.4 Å². The van der Waals surface area contributed by atoms with Gasteiger partial charge in [0.15, 0.2) is 5.58 Å². The van der Waals surface area contributed by atoms with Gasteiger partial charge in [-0.3, -0.25) is 19.6 Å². The lowest BCUT2D eigenvalue weighted by atomic mass is 9.94. The van der Waals surface area contributed by atoms with Crippen LogP contribution in [0.5, 0.6) is 5.88 Å². The van der Waals surface area contributed by atoms with Crippen LogP contribution < -0.4 is 4.74 Å². The average molecular weight is 705 g/mol. The monoisotopic (exact) mass is 704 g/mol. The predicted octanol–water partition coefficient (Wildman–Crippen LogP) is 6.42. The molecule has 2 aromatic heterocycles. The number of fused-ring (bicyclic) bond motifs is 2. The maximum Gasteiger partial charge on any atom is 0.307 e. The molecule has 0 radical (unpaired) electrons. The summed E-state index contributed by atoms with van der Waals surface area (Å²) in [5.41, 5.74) is 9.00. The first-order valence-electron chi connectivity index (χ1n) is 17.3. The van der Waals surface area contributed by atoms with Crippen LogP contribution in [0.2, 0.25) is 5.02 Å². The van der Waals surface area contributed by atoms with Gasteiger partial charge in [-0.2, -0.15) is 5.26 Å². The molecule has 0 bridgehead atoms. The van der Waals surface area contributed by atoms with Gasteiger partial charge in [0, 0.05) is 48.9 Å². The van der Waals surface area contributed by atoms with Gasteiger partial charge in [-0.05, 0) is 73.5 Å². The third-order valence-corrected chi connectivity index (χ3v) is 11.1. The minimum Gasteiger partial charge on any atom is -0.481 e. The minimum absolute atomic E-state index is 0.0560. The summed E-state index contributed by atoms with van der Waals surface area (Å²) in [7, 11) is 1.57. The number of carboxylic acids is 1. The Kier molecular flexibility index (Phi) is 8.72. The first-order valence-corrected chi connectivity index (χ1v) is 17.6. The van der Waals surface area contributed by atoms with Gasteiger partial charge in [-0.25, -0.2) is 9.97 Å². The second kappa shape index (κ2) is 13.4. The summed E-state index contributed by atoms with van der Waals surface area (Å²) in [6.45, 7) is 5.16. The van der Waals surface area contributed by atoms with Crippen molar-refractivity contribution in [3.05, 3.63) is 81.6 Å². The Morgan fingerprint density at radius 2 is 1.86 bits per heavy atom. The van der Waals surface area contributed by atoms with E-state index >= 15 is 0 Å². The van der Waals surface area contributed by atoms with Crippen LogP contribution in [-0.2, 0) is 17.8 Å². The number of rotatable bonds is 8. The average Bonchev–Trinajstić information content (AvgIpc) is 3.94. The van der Waals surface area contributed by atoms with E-state index in [1.54, 1.807) is 13.3 Å². The number of halogens is 1. The summed E-state index contributed by atoms with van der Waals surface area (Å²) < 4.78 is 12.0. The fraction of sp³-hybridized carbons (Fsp3) is 0.359. The van der Waals surface area contributed by atoms with Crippen LogP contribution in [0.15, 0.2) is 53.1 Å². The summed E-state index contributed by atoms with van der Waals surface area (Å²) in [5, 5.41) is 30.3. The summed E-state index contributed by atoms with van der Waals surface area (Å²) in [6, 6.07) is 16.2. The van der Waals surface area contributed by atoms with E-state index < -0.39 is 5.97 Å². The highest BCUT2D eigenvalue weighted by Crippen LogP contribution is 2.44. The molecule has 2 N–H and O–H groups in total. The zero-order valence-corrected chi connectivity index (χ0v) is 29.2. The second-order valence-electron chi connectivity index (χ2n) is 13.7. The number of β-amino-alcohol motifs (C(OH)–C–C–N with tert-alkyl or cyclic N) is 1. The van der Waals surface area contributed by atoms with Gasteiger partial charge in [-0.1, -0.05) is 41.9 Å². The maximum absolute atomic E-state index is 11.6. The van der Waals surface area contributed by atoms with Gasteiger partial charge in [0.1, 0.15) is 22.8 Å². The first-order chi connectivity index (χ1) is 24.7. The molecule has 3 aliphatic rings. The molecule has 11 nitrogen and oxygen atoms in total. The van der Waals surface area contributed by atoms with Crippen LogP contribution in [0, 0.1) is 24.2 Å². The van der Waals surface area contributed by atoms with E-state index in [4.69, 9.17) is 30.7 Å². The lowest BCUT2D eigenvalue weighted by Crippen LogP contribution is -2.26. The van der Waals surface area contributed by atoms with Crippen molar-refractivity contribution in [3.8, 4) is 45.8 Å². The van der Waals surface area contributed by atoms with Crippen LogP contribution in [0.4, 0.5) is 0 Å².